The van der Waals surface area contributed by atoms with Gasteiger partial charge in [-0.25, -0.2) is 9.97 Å². The van der Waals surface area contributed by atoms with Gasteiger partial charge in [-0.2, -0.15) is 0 Å². The Bertz CT molecular complexity index is 1770. The lowest BCUT2D eigenvalue weighted by Crippen LogP contribution is -2.15. The quantitative estimate of drug-likeness (QED) is 0.225. The van der Waals surface area contributed by atoms with E-state index in [1.165, 1.54) is 5.56 Å². The normalized spacial score (nSPS) is 11.3. The van der Waals surface area contributed by atoms with Crippen molar-refractivity contribution >= 4 is 17.2 Å². The Balaban J connectivity index is 1.61. The zero-order chi connectivity index (χ0) is 29.1. The third-order valence-corrected chi connectivity index (χ3v) is 7.34. The lowest BCUT2D eigenvalue weighted by Gasteiger charge is -2.28. The summed E-state index contributed by atoms with van der Waals surface area (Å²) in [7, 11) is 0. The van der Waals surface area contributed by atoms with Crippen LogP contribution in [0.15, 0.2) is 140 Å². The van der Waals surface area contributed by atoms with Gasteiger partial charge in [0.25, 0.3) is 0 Å². The number of nitrogens with zero attached hydrogens (tertiary/aromatic N) is 3. The zero-order valence-electron chi connectivity index (χ0n) is 24.1. The molecule has 0 amide bonds. The van der Waals surface area contributed by atoms with E-state index in [1.54, 1.807) is 6.07 Å². The summed E-state index contributed by atoms with van der Waals surface area (Å²) in [4.78, 5) is 12.0. The van der Waals surface area contributed by atoms with Crippen LogP contribution in [-0.2, 0) is 5.41 Å². The number of para-hydroxylation sites is 2. The minimum absolute atomic E-state index is 0.116. The number of phenols is 1. The van der Waals surface area contributed by atoms with Crippen LogP contribution >= 0.6 is 0 Å². The summed E-state index contributed by atoms with van der Waals surface area (Å²) in [5.74, 6) is 1.04. The molecule has 42 heavy (non-hydrogen) atoms. The standard InChI is InChI=1S/C38H33N3O/c1-38(2,3)30-22-29(23-32(26-30)41(31-16-8-5-9-17-31)37-20-12-13-21-39-37)34-24-28(27-14-6-4-7-15-27)25-35(40-34)33-18-10-11-19-36(33)42/h4-26,42H,1-3H3. The van der Waals surface area contributed by atoms with Crippen LogP contribution in [0.25, 0.3) is 33.6 Å². The Hall–Kier alpha value is -5.22. The molecule has 0 spiro atoms. The summed E-state index contributed by atoms with van der Waals surface area (Å²) in [6.07, 6.45) is 1.82. The third kappa shape index (κ3) is 5.65. The van der Waals surface area contributed by atoms with E-state index >= 15 is 0 Å². The first-order valence-corrected chi connectivity index (χ1v) is 14.1. The van der Waals surface area contributed by atoms with Gasteiger partial charge in [-0.1, -0.05) is 87.5 Å². The monoisotopic (exact) mass is 547 g/mol. The molecule has 0 radical (unpaired) electrons. The SMILES string of the molecule is CC(C)(C)c1cc(-c2cc(-c3ccccc3)cc(-c3ccccc3O)n2)cc(N(c2ccccc2)c2ccccn2)c1. The summed E-state index contributed by atoms with van der Waals surface area (Å²) in [5, 5.41) is 10.8. The summed E-state index contributed by atoms with van der Waals surface area (Å²) < 4.78 is 0. The molecule has 0 aliphatic carbocycles. The second kappa shape index (κ2) is 11.3. The van der Waals surface area contributed by atoms with Crippen LogP contribution in [-0.4, -0.2) is 15.1 Å². The van der Waals surface area contributed by atoms with E-state index in [0.717, 1.165) is 45.3 Å². The molecule has 0 bridgehead atoms. The fraction of sp³-hybridized carbons (Fsp3) is 0.105. The van der Waals surface area contributed by atoms with E-state index in [-0.39, 0.29) is 11.2 Å². The maximum Gasteiger partial charge on any atom is 0.137 e. The first kappa shape index (κ1) is 27.0. The number of rotatable bonds is 6. The van der Waals surface area contributed by atoms with Gasteiger partial charge in [0.2, 0.25) is 0 Å². The van der Waals surface area contributed by atoms with Gasteiger partial charge < -0.3 is 5.11 Å². The number of phenolic OH excluding ortho intramolecular Hbond substituents is 1. The lowest BCUT2D eigenvalue weighted by molar-refractivity contribution is 0.477. The average Bonchev–Trinajstić information content (AvgIpc) is 3.02. The molecule has 4 heteroatoms. The molecule has 0 unspecified atom stereocenters. The van der Waals surface area contributed by atoms with Crippen LogP contribution in [0.1, 0.15) is 26.3 Å². The maximum absolute atomic E-state index is 10.8. The topological polar surface area (TPSA) is 49.3 Å². The highest BCUT2D eigenvalue weighted by Gasteiger charge is 2.21. The van der Waals surface area contributed by atoms with Gasteiger partial charge >= 0.3 is 0 Å². The van der Waals surface area contributed by atoms with E-state index < -0.39 is 0 Å². The molecule has 4 nitrogen and oxygen atoms in total. The van der Waals surface area contributed by atoms with Crippen molar-refractivity contribution in [2.75, 3.05) is 4.90 Å². The Kier molecular flexibility index (Phi) is 7.28. The van der Waals surface area contributed by atoms with E-state index in [4.69, 9.17) is 9.97 Å². The molecule has 2 aromatic heterocycles. The maximum atomic E-state index is 10.8. The van der Waals surface area contributed by atoms with E-state index in [0.29, 0.717) is 5.56 Å². The number of aromatic nitrogens is 2. The van der Waals surface area contributed by atoms with Crippen LogP contribution in [0, 0.1) is 0 Å². The summed E-state index contributed by atoms with van der Waals surface area (Å²) in [6.45, 7) is 6.68. The molecule has 4 aromatic carbocycles. The molecule has 6 aromatic rings. The fourth-order valence-electron chi connectivity index (χ4n) is 5.10. The second-order valence-electron chi connectivity index (χ2n) is 11.4. The first-order chi connectivity index (χ1) is 20.4. The van der Waals surface area contributed by atoms with Gasteiger partial charge in [-0.15, -0.1) is 0 Å². The Morgan fingerprint density at radius 1 is 0.571 bits per heavy atom. The van der Waals surface area contributed by atoms with Crippen molar-refractivity contribution in [1.29, 1.82) is 0 Å². The largest absolute Gasteiger partial charge is 0.507 e. The Morgan fingerprint density at radius 3 is 1.93 bits per heavy atom. The van der Waals surface area contributed by atoms with E-state index in [2.05, 4.69) is 74.2 Å². The molecule has 6 rings (SSSR count). The van der Waals surface area contributed by atoms with Crippen LogP contribution in [0.5, 0.6) is 5.75 Å². The van der Waals surface area contributed by atoms with Crippen molar-refractivity contribution in [2.24, 2.45) is 0 Å². The highest BCUT2D eigenvalue weighted by Crippen LogP contribution is 2.40. The van der Waals surface area contributed by atoms with Crippen LogP contribution in [0.4, 0.5) is 17.2 Å². The van der Waals surface area contributed by atoms with Crippen LogP contribution < -0.4 is 4.90 Å². The molecule has 206 valence electrons. The van der Waals surface area contributed by atoms with E-state index in [9.17, 15) is 5.11 Å². The van der Waals surface area contributed by atoms with Gasteiger partial charge in [-0.3, -0.25) is 4.90 Å². The van der Waals surface area contributed by atoms with Crippen molar-refractivity contribution in [3.8, 4) is 39.4 Å². The molecule has 0 saturated carbocycles. The fourth-order valence-corrected chi connectivity index (χ4v) is 5.10. The van der Waals surface area contributed by atoms with Crippen molar-refractivity contribution < 1.29 is 5.11 Å². The number of pyridine rings is 2. The summed E-state index contributed by atoms with van der Waals surface area (Å²) >= 11 is 0. The minimum atomic E-state index is -0.116. The van der Waals surface area contributed by atoms with Crippen LogP contribution in [0.2, 0.25) is 0 Å². The van der Waals surface area contributed by atoms with Gasteiger partial charge in [0.1, 0.15) is 11.6 Å². The van der Waals surface area contributed by atoms with Crippen LogP contribution in [0.3, 0.4) is 0 Å². The summed E-state index contributed by atoms with van der Waals surface area (Å²) in [5.41, 5.74) is 8.44. The number of benzene rings is 4. The smallest absolute Gasteiger partial charge is 0.137 e. The van der Waals surface area contributed by atoms with Gasteiger partial charge in [0.05, 0.1) is 11.4 Å². The Labute approximate surface area is 247 Å². The van der Waals surface area contributed by atoms with Gasteiger partial charge in [-0.05, 0) is 88.8 Å². The molecule has 2 heterocycles. The predicted molar refractivity (Wildman–Crippen MR) is 173 cm³/mol. The number of hydrogen-bond donors (Lipinski definition) is 1. The minimum Gasteiger partial charge on any atom is -0.507 e. The predicted octanol–water partition coefficient (Wildman–Crippen LogP) is 9.95. The molecular weight excluding hydrogens is 514 g/mol. The van der Waals surface area contributed by atoms with E-state index in [1.807, 2.05) is 85.1 Å². The number of aromatic hydroxyl groups is 1. The first-order valence-electron chi connectivity index (χ1n) is 14.1. The van der Waals surface area contributed by atoms with Crippen molar-refractivity contribution in [2.45, 2.75) is 26.2 Å². The zero-order valence-corrected chi connectivity index (χ0v) is 24.1. The highest BCUT2D eigenvalue weighted by molar-refractivity contribution is 5.82. The summed E-state index contributed by atoms with van der Waals surface area (Å²) in [6, 6.07) is 44.8. The third-order valence-electron chi connectivity index (χ3n) is 7.34. The molecule has 0 atom stereocenters. The molecule has 0 aliphatic heterocycles. The highest BCUT2D eigenvalue weighted by atomic mass is 16.3. The molecule has 0 fully saturated rings. The lowest BCUT2D eigenvalue weighted by atomic mass is 9.85. The van der Waals surface area contributed by atoms with Crippen molar-refractivity contribution in [3.05, 3.63) is 145 Å². The molecule has 0 saturated heterocycles. The van der Waals surface area contributed by atoms with Gasteiger partial charge in [0.15, 0.2) is 0 Å². The molecule has 0 aliphatic rings. The van der Waals surface area contributed by atoms with Crippen molar-refractivity contribution in [3.63, 3.8) is 0 Å². The number of hydrogen-bond acceptors (Lipinski definition) is 4. The van der Waals surface area contributed by atoms with Crippen molar-refractivity contribution in [1.82, 2.24) is 9.97 Å². The second-order valence-corrected chi connectivity index (χ2v) is 11.4. The van der Waals surface area contributed by atoms with Gasteiger partial charge in [0, 0.05) is 28.7 Å². The average molecular weight is 548 g/mol. The Morgan fingerprint density at radius 2 is 1.24 bits per heavy atom. The molecular formula is C38H33N3O. The molecule has 1 N–H and O–H groups in total. The number of anilines is 3.